The molecule has 4 rings (SSSR count). The van der Waals surface area contributed by atoms with Crippen molar-refractivity contribution >= 4 is 12.2 Å². The van der Waals surface area contributed by atoms with Crippen LogP contribution < -0.4 is 0 Å². The lowest BCUT2D eigenvalue weighted by atomic mass is 9.69. The second-order valence-corrected chi connectivity index (χ2v) is 16.3. The van der Waals surface area contributed by atoms with Crippen molar-refractivity contribution in [2.45, 2.75) is 163 Å². The number of aliphatic hydroxyl groups is 2. The average molecular weight is 759 g/mol. The fourth-order valence-electron chi connectivity index (χ4n) is 8.24. The van der Waals surface area contributed by atoms with Gasteiger partial charge in [0.25, 0.3) is 0 Å². The minimum Gasteiger partial charge on any atom is -0.508 e. The van der Waals surface area contributed by atoms with Crippen LogP contribution in [0.3, 0.4) is 0 Å². The molecule has 0 aliphatic carbocycles. The smallest absolute Gasteiger partial charge is 0.118 e. The molecule has 4 aromatic rings. The van der Waals surface area contributed by atoms with E-state index in [2.05, 4.69) is 134 Å². The maximum absolute atomic E-state index is 10.6. The number of hydrogen-bond donors (Lipinski definition) is 3. The van der Waals surface area contributed by atoms with Crippen molar-refractivity contribution in [1.29, 1.82) is 0 Å². The Bertz CT molecular complexity index is 1790. The first kappa shape index (κ1) is 46.5. The van der Waals surface area contributed by atoms with E-state index in [1.165, 1.54) is 50.1 Å². The van der Waals surface area contributed by atoms with Crippen molar-refractivity contribution in [2.75, 3.05) is 0 Å². The van der Waals surface area contributed by atoms with Crippen molar-refractivity contribution in [3.63, 3.8) is 0 Å². The van der Waals surface area contributed by atoms with E-state index in [0.717, 1.165) is 49.7 Å². The van der Waals surface area contributed by atoms with Crippen molar-refractivity contribution in [3.8, 4) is 5.75 Å². The SMILES string of the molecule is CCC(O)(/C=C/c1ccc(C(CC)(CC)c2ccc(C)c(C)c2)cc1C)CC.CCC(O)(/C=C/c1ccc(C(CC)(CC)c2ccc(O)c(C)c2)cc1C)CC. The Labute approximate surface area is 341 Å². The molecule has 3 nitrogen and oxygen atoms in total. The van der Waals surface area contributed by atoms with E-state index in [0.29, 0.717) is 18.6 Å². The van der Waals surface area contributed by atoms with Crippen LogP contribution in [0.5, 0.6) is 5.75 Å². The molecule has 0 bridgehead atoms. The zero-order chi connectivity index (χ0) is 41.9. The highest BCUT2D eigenvalue weighted by Gasteiger charge is 2.32. The fourth-order valence-corrected chi connectivity index (χ4v) is 8.24. The fraction of sp³-hybridized carbons (Fsp3) is 0.472. The summed E-state index contributed by atoms with van der Waals surface area (Å²) in [6.07, 6.45) is 15.1. The largest absolute Gasteiger partial charge is 0.508 e. The maximum Gasteiger partial charge on any atom is 0.118 e. The molecule has 0 aliphatic rings. The van der Waals surface area contributed by atoms with Gasteiger partial charge in [0.15, 0.2) is 0 Å². The summed E-state index contributed by atoms with van der Waals surface area (Å²) in [5.74, 6) is 0.348. The molecule has 0 unspecified atom stereocenters. The normalized spacial score (nSPS) is 12.7. The molecule has 0 heterocycles. The van der Waals surface area contributed by atoms with E-state index in [1.807, 2.05) is 52.8 Å². The predicted octanol–water partition coefficient (Wildman–Crippen LogP) is 14.0. The lowest BCUT2D eigenvalue weighted by Gasteiger charge is -2.34. The molecule has 0 spiro atoms. The highest BCUT2D eigenvalue weighted by atomic mass is 16.3. The summed E-state index contributed by atoms with van der Waals surface area (Å²) in [5, 5.41) is 31.0. The van der Waals surface area contributed by atoms with E-state index in [-0.39, 0.29) is 10.8 Å². The van der Waals surface area contributed by atoms with Crippen LogP contribution in [-0.4, -0.2) is 26.5 Å². The van der Waals surface area contributed by atoms with Crippen LogP contribution in [0.25, 0.3) is 12.2 Å². The molecular formula is C53H74O3. The summed E-state index contributed by atoms with van der Waals surface area (Å²) in [4.78, 5) is 0. The Kier molecular flexibility index (Phi) is 16.6. The average Bonchev–Trinajstić information content (AvgIpc) is 3.21. The van der Waals surface area contributed by atoms with Gasteiger partial charge in [-0.25, -0.2) is 0 Å². The van der Waals surface area contributed by atoms with Gasteiger partial charge < -0.3 is 15.3 Å². The summed E-state index contributed by atoms with van der Waals surface area (Å²) in [6, 6.07) is 26.4. The number of aromatic hydroxyl groups is 1. The first-order valence-corrected chi connectivity index (χ1v) is 21.4. The van der Waals surface area contributed by atoms with E-state index >= 15 is 0 Å². The third-order valence-electron chi connectivity index (χ3n) is 13.5. The van der Waals surface area contributed by atoms with Gasteiger partial charge in [-0.2, -0.15) is 0 Å². The Morgan fingerprint density at radius 2 is 0.714 bits per heavy atom. The Balaban J connectivity index is 0.000000300. The highest BCUT2D eigenvalue weighted by Crippen LogP contribution is 2.42. The second-order valence-electron chi connectivity index (χ2n) is 16.3. The quantitative estimate of drug-likeness (QED) is 0.107. The molecule has 56 heavy (non-hydrogen) atoms. The predicted molar refractivity (Wildman–Crippen MR) is 243 cm³/mol. The standard InChI is InChI=1S/C27H38O.C26H36O2/c1-8-26(28,9-2)17-16-23-13-15-25(19-22(23)7)27(10-3,11-4)24-14-12-20(5)21(6)18-24;1-7-25(28,8-2)16-15-21-11-12-22(17-19(21)5)26(9-3,10-4)23-13-14-24(27)20(6)18-23/h12-19,28H,8-11H2,1-7H3;11-18,27-28H,7-10H2,1-6H3/b17-16+;16-15+. The lowest BCUT2D eigenvalue weighted by Crippen LogP contribution is -2.26. The number of hydrogen-bond acceptors (Lipinski definition) is 3. The van der Waals surface area contributed by atoms with Gasteiger partial charge in [-0.3, -0.25) is 0 Å². The highest BCUT2D eigenvalue weighted by molar-refractivity contribution is 5.58. The van der Waals surface area contributed by atoms with Crippen LogP contribution in [0.15, 0.2) is 84.9 Å². The van der Waals surface area contributed by atoms with Crippen LogP contribution in [0.1, 0.15) is 168 Å². The number of phenols is 1. The minimum absolute atomic E-state index is 0.0407. The van der Waals surface area contributed by atoms with Gasteiger partial charge in [0.1, 0.15) is 5.75 Å². The summed E-state index contributed by atoms with van der Waals surface area (Å²) in [6.45, 7) is 27.8. The lowest BCUT2D eigenvalue weighted by molar-refractivity contribution is 0.0832. The van der Waals surface area contributed by atoms with Gasteiger partial charge in [-0.15, -0.1) is 0 Å². The molecule has 0 fully saturated rings. The van der Waals surface area contributed by atoms with E-state index in [4.69, 9.17) is 0 Å². The molecule has 3 heteroatoms. The molecular weight excluding hydrogens is 685 g/mol. The van der Waals surface area contributed by atoms with Gasteiger partial charge in [0.05, 0.1) is 11.2 Å². The molecule has 0 radical (unpaired) electrons. The summed E-state index contributed by atoms with van der Waals surface area (Å²) < 4.78 is 0. The second kappa shape index (κ2) is 20.0. The minimum atomic E-state index is -0.731. The first-order valence-electron chi connectivity index (χ1n) is 21.4. The Hall–Kier alpha value is -3.92. The number of benzene rings is 4. The van der Waals surface area contributed by atoms with Crippen molar-refractivity contribution < 1.29 is 15.3 Å². The number of aryl methyl sites for hydroxylation is 5. The van der Waals surface area contributed by atoms with Crippen LogP contribution in [0, 0.1) is 34.6 Å². The van der Waals surface area contributed by atoms with Crippen LogP contribution >= 0.6 is 0 Å². The first-order chi connectivity index (χ1) is 26.5. The molecule has 0 saturated carbocycles. The van der Waals surface area contributed by atoms with Crippen LogP contribution in [0.4, 0.5) is 0 Å². The topological polar surface area (TPSA) is 60.7 Å². The van der Waals surface area contributed by atoms with Gasteiger partial charge in [0.2, 0.25) is 0 Å². The molecule has 304 valence electrons. The van der Waals surface area contributed by atoms with Crippen molar-refractivity contribution in [1.82, 2.24) is 0 Å². The van der Waals surface area contributed by atoms with Gasteiger partial charge in [-0.05, 0) is 153 Å². The van der Waals surface area contributed by atoms with Gasteiger partial charge >= 0.3 is 0 Å². The zero-order valence-corrected chi connectivity index (χ0v) is 37.2. The van der Waals surface area contributed by atoms with Gasteiger partial charge in [0, 0.05) is 10.8 Å². The molecule has 0 amide bonds. The summed E-state index contributed by atoms with van der Waals surface area (Å²) >= 11 is 0. The van der Waals surface area contributed by atoms with E-state index in [9.17, 15) is 15.3 Å². The number of phenolic OH excluding ortho intramolecular Hbond substituents is 1. The zero-order valence-electron chi connectivity index (χ0n) is 37.2. The van der Waals surface area contributed by atoms with Crippen molar-refractivity contribution in [2.24, 2.45) is 0 Å². The molecule has 4 aromatic carbocycles. The van der Waals surface area contributed by atoms with E-state index in [1.54, 1.807) is 0 Å². The third-order valence-corrected chi connectivity index (χ3v) is 13.5. The number of rotatable bonds is 16. The summed E-state index contributed by atoms with van der Waals surface area (Å²) in [5.41, 5.74) is 12.3. The van der Waals surface area contributed by atoms with Gasteiger partial charge in [-0.1, -0.05) is 146 Å². The van der Waals surface area contributed by atoms with E-state index < -0.39 is 11.2 Å². The molecule has 0 atom stereocenters. The monoisotopic (exact) mass is 759 g/mol. The molecule has 0 saturated heterocycles. The van der Waals surface area contributed by atoms with Crippen LogP contribution in [0.2, 0.25) is 0 Å². The summed E-state index contributed by atoms with van der Waals surface area (Å²) in [7, 11) is 0. The Morgan fingerprint density at radius 1 is 0.393 bits per heavy atom. The Morgan fingerprint density at radius 3 is 1.02 bits per heavy atom. The van der Waals surface area contributed by atoms with Crippen molar-refractivity contribution in [3.05, 3.63) is 146 Å². The third kappa shape index (κ3) is 10.3. The maximum atomic E-state index is 10.6. The molecule has 0 aliphatic heterocycles. The van der Waals surface area contributed by atoms with Crippen LogP contribution in [-0.2, 0) is 10.8 Å². The molecule has 3 N–H and O–H groups in total. The molecule has 0 aromatic heterocycles.